The molecule has 22 heavy (non-hydrogen) atoms. The van der Waals surface area contributed by atoms with Crippen LogP contribution in [0.25, 0.3) is 16.9 Å². The van der Waals surface area contributed by atoms with Gasteiger partial charge in [-0.3, -0.25) is 9.89 Å². The molecule has 0 aliphatic heterocycles. The molecule has 0 spiro atoms. The molecule has 0 atom stereocenters. The van der Waals surface area contributed by atoms with Crippen LogP contribution in [0.4, 0.5) is 0 Å². The van der Waals surface area contributed by atoms with Crippen molar-refractivity contribution in [3.8, 4) is 22.7 Å². The van der Waals surface area contributed by atoms with Crippen LogP contribution in [-0.2, 0) is 12.8 Å². The number of nitrogens with one attached hydrogen (secondary N) is 1. The predicted octanol–water partition coefficient (Wildman–Crippen LogP) is 2.33. The van der Waals surface area contributed by atoms with Crippen LogP contribution in [0.5, 0.6) is 5.75 Å². The summed E-state index contributed by atoms with van der Waals surface area (Å²) in [6.07, 6.45) is 3.41. The molecule has 0 unspecified atom stereocenters. The summed E-state index contributed by atoms with van der Waals surface area (Å²) in [6.45, 7) is 0. The van der Waals surface area contributed by atoms with Crippen LogP contribution in [0.1, 0.15) is 11.3 Å². The maximum atomic E-state index is 12.8. The molecule has 0 bridgehead atoms. The largest absolute Gasteiger partial charge is 0.497 e. The molecule has 1 N–H and O–H groups in total. The number of methoxy groups -OCH3 is 1. The van der Waals surface area contributed by atoms with E-state index >= 15 is 0 Å². The van der Waals surface area contributed by atoms with Crippen molar-refractivity contribution in [2.45, 2.75) is 12.8 Å². The first kappa shape index (κ1) is 12.9. The van der Waals surface area contributed by atoms with E-state index in [1.54, 1.807) is 13.3 Å². The SMILES string of the molecule is COc1ccc2c(c1)-c1c([nH]n(-c3ccccn3)c1=O)CC2. The van der Waals surface area contributed by atoms with E-state index in [9.17, 15) is 4.79 Å². The summed E-state index contributed by atoms with van der Waals surface area (Å²) >= 11 is 0. The maximum Gasteiger partial charge on any atom is 0.280 e. The van der Waals surface area contributed by atoms with Crippen LogP contribution in [0.3, 0.4) is 0 Å². The third kappa shape index (κ3) is 1.86. The molecule has 0 fully saturated rings. The number of rotatable bonds is 2. The molecule has 5 nitrogen and oxygen atoms in total. The Labute approximate surface area is 127 Å². The minimum absolute atomic E-state index is 0.0668. The van der Waals surface area contributed by atoms with Gasteiger partial charge in [-0.2, -0.15) is 0 Å². The number of fused-ring (bicyclic) bond motifs is 3. The Morgan fingerprint density at radius 1 is 1.23 bits per heavy atom. The molecule has 5 heteroatoms. The lowest BCUT2D eigenvalue weighted by Gasteiger charge is -2.15. The van der Waals surface area contributed by atoms with Gasteiger partial charge in [-0.15, -0.1) is 0 Å². The van der Waals surface area contributed by atoms with E-state index in [2.05, 4.69) is 10.1 Å². The lowest BCUT2D eigenvalue weighted by Crippen LogP contribution is -2.17. The first-order valence-corrected chi connectivity index (χ1v) is 7.20. The van der Waals surface area contributed by atoms with E-state index in [1.165, 1.54) is 10.2 Å². The molecule has 1 aliphatic carbocycles. The Kier molecular flexibility index (Phi) is 2.85. The lowest BCUT2D eigenvalue weighted by molar-refractivity contribution is 0.415. The molecular formula is C17H15N3O2. The van der Waals surface area contributed by atoms with Gasteiger partial charge in [0.15, 0.2) is 5.82 Å². The number of hydrogen-bond acceptors (Lipinski definition) is 3. The average Bonchev–Trinajstić information content (AvgIpc) is 2.92. The van der Waals surface area contributed by atoms with Crippen molar-refractivity contribution in [2.75, 3.05) is 7.11 Å². The van der Waals surface area contributed by atoms with Gasteiger partial charge in [0, 0.05) is 11.9 Å². The summed E-state index contributed by atoms with van der Waals surface area (Å²) in [7, 11) is 1.63. The van der Waals surface area contributed by atoms with Gasteiger partial charge in [0.25, 0.3) is 5.56 Å². The average molecular weight is 293 g/mol. The third-order valence-electron chi connectivity index (χ3n) is 4.07. The highest BCUT2D eigenvalue weighted by atomic mass is 16.5. The Bertz CT molecular complexity index is 894. The zero-order valence-electron chi connectivity index (χ0n) is 12.2. The third-order valence-corrected chi connectivity index (χ3v) is 4.07. The van der Waals surface area contributed by atoms with Crippen LogP contribution in [-0.4, -0.2) is 21.9 Å². The van der Waals surface area contributed by atoms with Crippen molar-refractivity contribution in [3.05, 3.63) is 64.2 Å². The molecule has 0 radical (unpaired) electrons. The maximum absolute atomic E-state index is 12.8. The van der Waals surface area contributed by atoms with E-state index < -0.39 is 0 Å². The molecule has 1 aromatic carbocycles. The molecule has 0 saturated heterocycles. The minimum Gasteiger partial charge on any atom is -0.497 e. The highest BCUT2D eigenvalue weighted by Gasteiger charge is 2.24. The van der Waals surface area contributed by atoms with Gasteiger partial charge >= 0.3 is 0 Å². The van der Waals surface area contributed by atoms with Crippen LogP contribution < -0.4 is 10.3 Å². The highest BCUT2D eigenvalue weighted by Crippen LogP contribution is 2.33. The predicted molar refractivity (Wildman–Crippen MR) is 83.6 cm³/mol. The second-order valence-electron chi connectivity index (χ2n) is 5.32. The summed E-state index contributed by atoms with van der Waals surface area (Å²) in [6, 6.07) is 11.4. The van der Waals surface area contributed by atoms with E-state index in [4.69, 9.17) is 4.74 Å². The molecule has 4 rings (SSSR count). The number of H-pyrrole nitrogens is 1. The number of hydrogen-bond donors (Lipinski definition) is 1. The Hall–Kier alpha value is -2.82. The van der Waals surface area contributed by atoms with Crippen LogP contribution >= 0.6 is 0 Å². The topological polar surface area (TPSA) is 59.9 Å². The highest BCUT2D eigenvalue weighted by molar-refractivity contribution is 5.73. The first-order chi connectivity index (χ1) is 10.8. The standard InChI is InChI=1S/C17H15N3O2/c1-22-12-7-5-11-6-8-14-16(13(11)10-12)17(21)20(19-14)15-4-2-3-9-18-15/h2-5,7,9-10,19H,6,8H2,1H3. The summed E-state index contributed by atoms with van der Waals surface area (Å²) in [4.78, 5) is 17.1. The Balaban J connectivity index is 1.94. The van der Waals surface area contributed by atoms with E-state index in [0.717, 1.165) is 35.4 Å². The van der Waals surface area contributed by atoms with Gasteiger partial charge in [-0.05, 0) is 48.2 Å². The summed E-state index contributed by atoms with van der Waals surface area (Å²) in [5, 5.41) is 3.20. The molecular weight excluding hydrogens is 278 g/mol. The Morgan fingerprint density at radius 3 is 2.91 bits per heavy atom. The number of pyridine rings is 1. The summed E-state index contributed by atoms with van der Waals surface area (Å²) in [5.74, 6) is 1.36. The molecule has 2 aromatic heterocycles. The molecule has 3 aromatic rings. The molecule has 0 amide bonds. The van der Waals surface area contributed by atoms with Crippen molar-refractivity contribution in [2.24, 2.45) is 0 Å². The van der Waals surface area contributed by atoms with Crippen molar-refractivity contribution >= 4 is 0 Å². The zero-order chi connectivity index (χ0) is 15.1. The fraction of sp³-hybridized carbons (Fsp3) is 0.176. The smallest absolute Gasteiger partial charge is 0.280 e. The normalized spacial score (nSPS) is 12.6. The van der Waals surface area contributed by atoms with E-state index in [1.807, 2.05) is 36.4 Å². The second-order valence-corrected chi connectivity index (χ2v) is 5.32. The number of aromatic nitrogens is 3. The summed E-state index contributed by atoms with van der Waals surface area (Å²) < 4.78 is 6.81. The van der Waals surface area contributed by atoms with Crippen molar-refractivity contribution < 1.29 is 4.74 Å². The molecule has 1 aliphatic rings. The second kappa shape index (κ2) is 4.87. The van der Waals surface area contributed by atoms with Crippen LogP contribution in [0.2, 0.25) is 0 Å². The van der Waals surface area contributed by atoms with Gasteiger partial charge in [-0.25, -0.2) is 9.67 Å². The minimum atomic E-state index is -0.0668. The zero-order valence-corrected chi connectivity index (χ0v) is 12.2. The monoisotopic (exact) mass is 293 g/mol. The summed E-state index contributed by atoms with van der Waals surface area (Å²) in [5.41, 5.74) is 3.75. The van der Waals surface area contributed by atoms with E-state index in [0.29, 0.717) is 5.82 Å². The first-order valence-electron chi connectivity index (χ1n) is 7.20. The lowest BCUT2D eigenvalue weighted by atomic mass is 9.90. The van der Waals surface area contributed by atoms with Crippen molar-refractivity contribution in [3.63, 3.8) is 0 Å². The fourth-order valence-electron chi connectivity index (χ4n) is 2.98. The van der Waals surface area contributed by atoms with Gasteiger partial charge in [-0.1, -0.05) is 12.1 Å². The molecule has 110 valence electrons. The number of ether oxygens (including phenoxy) is 1. The number of nitrogens with zero attached hydrogens (tertiary/aromatic N) is 2. The number of aryl methyl sites for hydroxylation is 2. The molecule has 2 heterocycles. The van der Waals surface area contributed by atoms with Crippen molar-refractivity contribution in [1.82, 2.24) is 14.8 Å². The van der Waals surface area contributed by atoms with Crippen LogP contribution in [0.15, 0.2) is 47.4 Å². The van der Waals surface area contributed by atoms with Gasteiger partial charge in [0.05, 0.1) is 12.7 Å². The number of benzene rings is 1. The molecule has 0 saturated carbocycles. The van der Waals surface area contributed by atoms with E-state index in [-0.39, 0.29) is 5.56 Å². The van der Waals surface area contributed by atoms with Gasteiger partial charge < -0.3 is 4.74 Å². The Morgan fingerprint density at radius 2 is 2.14 bits per heavy atom. The van der Waals surface area contributed by atoms with Gasteiger partial charge in [0.2, 0.25) is 0 Å². The van der Waals surface area contributed by atoms with Crippen LogP contribution in [0, 0.1) is 0 Å². The fourth-order valence-corrected chi connectivity index (χ4v) is 2.98. The van der Waals surface area contributed by atoms with Gasteiger partial charge in [0.1, 0.15) is 5.75 Å². The van der Waals surface area contributed by atoms with Crippen molar-refractivity contribution in [1.29, 1.82) is 0 Å². The quantitative estimate of drug-likeness (QED) is 0.789. The number of aromatic amines is 1.